The summed E-state index contributed by atoms with van der Waals surface area (Å²) < 4.78 is 0. The molecule has 2 aliphatic rings. The Hall–Kier alpha value is -1.26. The zero-order chi connectivity index (χ0) is 13.1. The van der Waals surface area contributed by atoms with Crippen molar-refractivity contribution < 1.29 is 14.7 Å². The lowest BCUT2D eigenvalue weighted by molar-refractivity contribution is -0.146. The molecular weight excluding hydrogens is 232 g/mol. The average molecular weight is 254 g/mol. The molecule has 0 atom stereocenters. The van der Waals surface area contributed by atoms with E-state index in [1.807, 2.05) is 4.90 Å². The molecular formula is C13H22N2O3. The number of amides is 2. The maximum absolute atomic E-state index is 12.1. The Morgan fingerprint density at radius 1 is 1.17 bits per heavy atom. The molecule has 0 aromatic carbocycles. The third-order valence-electron chi connectivity index (χ3n) is 4.08. The minimum absolute atomic E-state index is 0.0300. The van der Waals surface area contributed by atoms with Crippen molar-refractivity contribution in [2.75, 3.05) is 26.2 Å². The monoisotopic (exact) mass is 254 g/mol. The molecule has 0 spiro atoms. The minimum Gasteiger partial charge on any atom is -0.481 e. The van der Waals surface area contributed by atoms with Crippen molar-refractivity contribution in [1.82, 2.24) is 9.80 Å². The number of carboxylic acid groups (broad SMARTS) is 1. The summed E-state index contributed by atoms with van der Waals surface area (Å²) in [4.78, 5) is 26.3. The fraction of sp³-hybridized carbons (Fsp3) is 0.846. The molecule has 0 bridgehead atoms. The molecule has 102 valence electrons. The van der Waals surface area contributed by atoms with E-state index in [2.05, 4.69) is 6.92 Å². The van der Waals surface area contributed by atoms with Crippen LogP contribution in [-0.4, -0.2) is 53.1 Å². The van der Waals surface area contributed by atoms with Crippen LogP contribution in [-0.2, 0) is 4.79 Å². The van der Waals surface area contributed by atoms with Crippen molar-refractivity contribution in [3.05, 3.63) is 0 Å². The van der Waals surface area contributed by atoms with Crippen LogP contribution in [0.2, 0.25) is 0 Å². The normalized spacial score (nSPS) is 21.8. The topological polar surface area (TPSA) is 60.9 Å². The van der Waals surface area contributed by atoms with Crippen molar-refractivity contribution in [3.63, 3.8) is 0 Å². The Morgan fingerprint density at radius 3 is 2.28 bits per heavy atom. The van der Waals surface area contributed by atoms with Crippen molar-refractivity contribution in [2.24, 2.45) is 11.8 Å². The van der Waals surface area contributed by atoms with Crippen molar-refractivity contribution in [1.29, 1.82) is 0 Å². The first kappa shape index (κ1) is 13.2. The van der Waals surface area contributed by atoms with Gasteiger partial charge in [-0.1, -0.05) is 19.8 Å². The molecule has 5 heteroatoms. The number of carbonyl (C=O) groups is 2. The zero-order valence-electron chi connectivity index (χ0n) is 11.0. The predicted octanol–water partition coefficient (Wildman–Crippen LogP) is 1.63. The molecule has 0 aromatic rings. The highest BCUT2D eigenvalue weighted by atomic mass is 16.4. The Labute approximate surface area is 108 Å². The molecule has 5 nitrogen and oxygen atoms in total. The van der Waals surface area contributed by atoms with E-state index >= 15 is 0 Å². The molecule has 0 saturated carbocycles. The quantitative estimate of drug-likeness (QED) is 0.832. The van der Waals surface area contributed by atoms with Gasteiger partial charge in [0.15, 0.2) is 0 Å². The van der Waals surface area contributed by atoms with Gasteiger partial charge in [0.25, 0.3) is 0 Å². The summed E-state index contributed by atoms with van der Waals surface area (Å²) in [6, 6.07) is 0.0300. The summed E-state index contributed by atoms with van der Waals surface area (Å²) in [7, 11) is 0. The first-order chi connectivity index (χ1) is 8.61. The standard InChI is InChI=1S/C13H22N2O3/c1-2-3-10-4-6-14(7-5-10)13(18)15-8-11(9-15)12(16)17/h10-11H,2-9H2,1H3,(H,16,17). The van der Waals surface area contributed by atoms with Crippen LogP contribution >= 0.6 is 0 Å². The summed E-state index contributed by atoms with van der Waals surface area (Å²) in [6.45, 7) is 4.62. The van der Waals surface area contributed by atoms with Crippen LogP contribution in [0.4, 0.5) is 4.79 Å². The fourth-order valence-electron chi connectivity index (χ4n) is 2.81. The van der Waals surface area contributed by atoms with Crippen LogP contribution in [0.5, 0.6) is 0 Å². The molecule has 2 fully saturated rings. The van der Waals surface area contributed by atoms with Gasteiger partial charge < -0.3 is 14.9 Å². The van der Waals surface area contributed by atoms with Gasteiger partial charge in [0.05, 0.1) is 5.92 Å². The highest BCUT2D eigenvalue weighted by Crippen LogP contribution is 2.24. The molecule has 2 amide bonds. The van der Waals surface area contributed by atoms with Crippen LogP contribution < -0.4 is 0 Å². The van der Waals surface area contributed by atoms with Gasteiger partial charge in [-0.3, -0.25) is 4.79 Å². The van der Waals surface area contributed by atoms with Crippen LogP contribution in [0.15, 0.2) is 0 Å². The summed E-state index contributed by atoms with van der Waals surface area (Å²) in [5.74, 6) is -0.380. The molecule has 0 aromatic heterocycles. The Morgan fingerprint density at radius 2 is 1.78 bits per heavy atom. The van der Waals surface area contributed by atoms with Gasteiger partial charge >= 0.3 is 12.0 Å². The van der Waals surface area contributed by atoms with E-state index in [9.17, 15) is 9.59 Å². The number of nitrogens with zero attached hydrogens (tertiary/aromatic N) is 2. The van der Waals surface area contributed by atoms with Gasteiger partial charge in [0.2, 0.25) is 0 Å². The maximum atomic E-state index is 12.1. The lowest BCUT2D eigenvalue weighted by atomic mass is 9.92. The first-order valence-electron chi connectivity index (χ1n) is 6.88. The molecule has 0 aliphatic carbocycles. The van der Waals surface area contributed by atoms with Crippen molar-refractivity contribution >= 4 is 12.0 Å². The second-order valence-electron chi connectivity index (χ2n) is 5.44. The van der Waals surface area contributed by atoms with E-state index in [4.69, 9.17) is 5.11 Å². The van der Waals surface area contributed by atoms with Crippen LogP contribution in [0, 0.1) is 11.8 Å². The lowest BCUT2D eigenvalue weighted by Crippen LogP contribution is -2.58. The van der Waals surface area contributed by atoms with Gasteiger partial charge in [-0.05, 0) is 18.8 Å². The summed E-state index contributed by atoms with van der Waals surface area (Å²) >= 11 is 0. The van der Waals surface area contributed by atoms with E-state index in [1.54, 1.807) is 4.90 Å². The Bertz CT molecular complexity index is 318. The van der Waals surface area contributed by atoms with Gasteiger partial charge in [-0.25, -0.2) is 4.79 Å². The molecule has 2 saturated heterocycles. The largest absolute Gasteiger partial charge is 0.481 e. The third kappa shape index (κ3) is 2.76. The molecule has 2 aliphatic heterocycles. The van der Waals surface area contributed by atoms with Crippen LogP contribution in [0.25, 0.3) is 0 Å². The number of piperidine rings is 1. The van der Waals surface area contributed by atoms with Crippen LogP contribution in [0.3, 0.4) is 0 Å². The third-order valence-corrected chi connectivity index (χ3v) is 4.08. The second kappa shape index (κ2) is 5.59. The lowest BCUT2D eigenvalue weighted by Gasteiger charge is -2.42. The van der Waals surface area contributed by atoms with Crippen molar-refractivity contribution in [2.45, 2.75) is 32.6 Å². The number of likely N-dealkylation sites (tertiary alicyclic amines) is 2. The fourth-order valence-corrected chi connectivity index (χ4v) is 2.81. The van der Waals surface area contributed by atoms with Gasteiger partial charge in [0, 0.05) is 26.2 Å². The highest BCUT2D eigenvalue weighted by molar-refractivity contribution is 5.79. The molecule has 2 heterocycles. The van der Waals surface area contributed by atoms with E-state index in [1.165, 1.54) is 12.8 Å². The number of urea groups is 1. The van der Waals surface area contributed by atoms with Crippen molar-refractivity contribution in [3.8, 4) is 0 Å². The highest BCUT2D eigenvalue weighted by Gasteiger charge is 2.38. The minimum atomic E-state index is -0.791. The SMILES string of the molecule is CCCC1CCN(C(=O)N2CC(C(=O)O)C2)CC1. The predicted molar refractivity (Wildman–Crippen MR) is 67.3 cm³/mol. The van der Waals surface area contributed by atoms with E-state index in [0.29, 0.717) is 13.1 Å². The summed E-state index contributed by atoms with van der Waals surface area (Å²) in [6.07, 6.45) is 4.66. The van der Waals surface area contributed by atoms with Crippen LogP contribution in [0.1, 0.15) is 32.6 Å². The molecule has 18 heavy (non-hydrogen) atoms. The Balaban J connectivity index is 1.74. The zero-order valence-corrected chi connectivity index (χ0v) is 11.0. The Kier molecular flexibility index (Phi) is 4.09. The number of carbonyl (C=O) groups excluding carboxylic acids is 1. The van der Waals surface area contributed by atoms with E-state index in [-0.39, 0.29) is 11.9 Å². The number of rotatable bonds is 3. The van der Waals surface area contributed by atoms with Gasteiger partial charge in [0.1, 0.15) is 0 Å². The number of hydrogen-bond donors (Lipinski definition) is 1. The van der Waals surface area contributed by atoms with Gasteiger partial charge in [-0.2, -0.15) is 0 Å². The number of carboxylic acids is 1. The second-order valence-corrected chi connectivity index (χ2v) is 5.44. The van der Waals surface area contributed by atoms with E-state index < -0.39 is 5.97 Å². The maximum Gasteiger partial charge on any atom is 0.320 e. The molecule has 1 N–H and O–H groups in total. The molecule has 0 radical (unpaired) electrons. The number of aliphatic carboxylic acids is 1. The van der Waals surface area contributed by atoms with Gasteiger partial charge in [-0.15, -0.1) is 0 Å². The smallest absolute Gasteiger partial charge is 0.320 e. The number of hydrogen-bond acceptors (Lipinski definition) is 2. The molecule has 0 unspecified atom stereocenters. The molecule has 2 rings (SSSR count). The average Bonchev–Trinajstić information content (AvgIpc) is 2.27. The summed E-state index contributed by atoms with van der Waals surface area (Å²) in [5, 5.41) is 8.79. The van der Waals surface area contributed by atoms with E-state index in [0.717, 1.165) is 31.8 Å². The summed E-state index contributed by atoms with van der Waals surface area (Å²) in [5.41, 5.74) is 0. The first-order valence-corrected chi connectivity index (χ1v) is 6.88.